The van der Waals surface area contributed by atoms with Crippen LogP contribution < -0.4 is 0 Å². The van der Waals surface area contributed by atoms with E-state index < -0.39 is 0 Å². The van der Waals surface area contributed by atoms with Crippen LogP contribution in [0, 0.1) is 17.8 Å². The van der Waals surface area contributed by atoms with Crippen molar-refractivity contribution in [2.45, 2.75) is 86.0 Å². The molecule has 0 nitrogen and oxygen atoms in total. The van der Waals surface area contributed by atoms with Crippen molar-refractivity contribution < 1.29 is 0 Å². The summed E-state index contributed by atoms with van der Waals surface area (Å²) in [5.74, 6) is 2.25. The molecule has 0 atom stereocenters. The summed E-state index contributed by atoms with van der Waals surface area (Å²) in [4.78, 5) is 0. The zero-order valence-electron chi connectivity index (χ0n) is 12.2. The summed E-state index contributed by atoms with van der Waals surface area (Å²) in [5, 5.41) is 0. The van der Waals surface area contributed by atoms with Crippen molar-refractivity contribution in [1.82, 2.24) is 0 Å². The van der Waals surface area contributed by atoms with Gasteiger partial charge < -0.3 is 0 Å². The summed E-state index contributed by atoms with van der Waals surface area (Å²) in [6.45, 7) is 10.9. The molecule has 0 aromatic rings. The maximum Gasteiger partial charge on any atom is -0.00297 e. The first kappa shape index (κ1) is 17.9. The van der Waals surface area contributed by atoms with E-state index in [9.17, 15) is 0 Å². The Morgan fingerprint density at radius 3 is 1.62 bits per heavy atom. The summed E-state index contributed by atoms with van der Waals surface area (Å²) in [6, 6.07) is 0. The second kappa shape index (κ2) is 12.6. The molecule has 0 bridgehead atoms. The van der Waals surface area contributed by atoms with Crippen LogP contribution in [0.5, 0.6) is 0 Å². The lowest BCUT2D eigenvalue weighted by Gasteiger charge is -2.17. The van der Waals surface area contributed by atoms with Crippen molar-refractivity contribution in [3.8, 4) is 12.3 Å². The Morgan fingerprint density at radius 1 is 0.875 bits per heavy atom. The molecule has 0 aliphatic rings. The van der Waals surface area contributed by atoms with E-state index in [-0.39, 0.29) is 0 Å². The van der Waals surface area contributed by atoms with Gasteiger partial charge in [0.05, 0.1) is 0 Å². The molecule has 0 saturated heterocycles. The van der Waals surface area contributed by atoms with E-state index in [1.165, 1.54) is 51.4 Å². The highest BCUT2D eigenvalue weighted by Crippen LogP contribution is 2.22. The number of hydrogen-bond donors (Lipinski definition) is 0. The fourth-order valence-corrected chi connectivity index (χ4v) is 1.61. The molecule has 0 fully saturated rings. The van der Waals surface area contributed by atoms with Crippen molar-refractivity contribution >= 4 is 0 Å². The number of hydrogen-bond acceptors (Lipinski definition) is 0. The smallest absolute Gasteiger partial charge is 0.00297 e. The molecule has 0 unspecified atom stereocenters. The monoisotopic (exact) mass is 224 g/mol. The maximum atomic E-state index is 4.60. The van der Waals surface area contributed by atoms with Crippen molar-refractivity contribution in [3.05, 3.63) is 0 Å². The number of terminal acetylenes is 1. The molecule has 96 valence electrons. The lowest BCUT2D eigenvalue weighted by Crippen LogP contribution is -2.03. The van der Waals surface area contributed by atoms with E-state index in [4.69, 9.17) is 0 Å². The third-order valence-electron chi connectivity index (χ3n) is 2.53. The number of unbranched alkanes of at least 4 members (excludes halogenated alkanes) is 6. The number of rotatable bonds is 7. The average Bonchev–Trinajstić information content (AvgIpc) is 2.16. The molecule has 0 spiro atoms. The van der Waals surface area contributed by atoms with E-state index in [2.05, 4.69) is 40.0 Å². The zero-order valence-corrected chi connectivity index (χ0v) is 12.2. The second-order valence-electron chi connectivity index (χ2n) is 5.72. The maximum absolute atomic E-state index is 4.60. The van der Waals surface area contributed by atoms with Gasteiger partial charge in [0.1, 0.15) is 0 Å². The molecule has 0 rings (SSSR count). The minimum absolute atomic E-state index is 0.545. The topological polar surface area (TPSA) is 0 Å². The third kappa shape index (κ3) is 23.4. The fourth-order valence-electron chi connectivity index (χ4n) is 1.61. The minimum Gasteiger partial charge on any atom is -0.120 e. The first-order valence-electron chi connectivity index (χ1n) is 6.85. The Hall–Kier alpha value is -0.440. The summed E-state index contributed by atoms with van der Waals surface area (Å²) < 4.78 is 0. The highest BCUT2D eigenvalue weighted by molar-refractivity contribution is 4.73. The predicted octanol–water partition coefficient (Wildman–Crippen LogP) is 5.81. The van der Waals surface area contributed by atoms with Gasteiger partial charge in [-0.1, -0.05) is 72.6 Å². The van der Waals surface area contributed by atoms with Crippen LogP contribution in [0.15, 0.2) is 0 Å². The van der Waals surface area contributed by atoms with Gasteiger partial charge in [0.2, 0.25) is 0 Å². The van der Waals surface area contributed by atoms with Gasteiger partial charge in [-0.15, -0.1) is 12.3 Å². The van der Waals surface area contributed by atoms with Gasteiger partial charge in [-0.25, -0.2) is 0 Å². The zero-order chi connectivity index (χ0) is 12.9. The molecule has 0 N–H and O–H groups in total. The molecular formula is C16H32. The summed E-state index contributed by atoms with van der Waals surface area (Å²) in [6.07, 6.45) is 16.0. The molecule has 0 heterocycles. The van der Waals surface area contributed by atoms with E-state index >= 15 is 0 Å². The van der Waals surface area contributed by atoms with E-state index in [1.807, 2.05) is 0 Å². The van der Waals surface area contributed by atoms with Gasteiger partial charge in [0.25, 0.3) is 0 Å². The molecule has 0 aliphatic heterocycles. The Balaban J connectivity index is 0. The van der Waals surface area contributed by atoms with Crippen LogP contribution in [0.1, 0.15) is 86.0 Å². The van der Waals surface area contributed by atoms with Crippen LogP contribution in [-0.2, 0) is 0 Å². The summed E-state index contributed by atoms with van der Waals surface area (Å²) in [5.41, 5.74) is 0.545. The lowest BCUT2D eigenvalue weighted by atomic mass is 9.89. The van der Waals surface area contributed by atoms with Crippen LogP contribution in [0.25, 0.3) is 0 Å². The lowest BCUT2D eigenvalue weighted by molar-refractivity contribution is 0.356. The molecule has 0 amide bonds. The van der Waals surface area contributed by atoms with Crippen LogP contribution >= 0.6 is 0 Å². The first-order valence-corrected chi connectivity index (χ1v) is 6.85. The quantitative estimate of drug-likeness (QED) is 0.378. The third-order valence-corrected chi connectivity index (χ3v) is 2.53. The molecular weight excluding hydrogens is 192 g/mol. The second-order valence-corrected chi connectivity index (χ2v) is 5.72. The van der Waals surface area contributed by atoms with Crippen molar-refractivity contribution in [1.29, 1.82) is 0 Å². The molecule has 0 radical (unpaired) electrons. The van der Waals surface area contributed by atoms with Crippen molar-refractivity contribution in [2.75, 3.05) is 0 Å². The van der Waals surface area contributed by atoms with E-state index in [0.29, 0.717) is 5.41 Å². The summed E-state index contributed by atoms with van der Waals surface area (Å²) in [7, 11) is 0. The van der Waals surface area contributed by atoms with Crippen LogP contribution in [0.2, 0.25) is 0 Å². The summed E-state index contributed by atoms with van der Waals surface area (Å²) >= 11 is 0. The highest BCUT2D eigenvalue weighted by atomic mass is 14.1. The van der Waals surface area contributed by atoms with E-state index in [0.717, 1.165) is 0 Å². The normalized spacial score (nSPS) is 10.2. The largest absolute Gasteiger partial charge is 0.120 e. The Labute approximate surface area is 104 Å². The van der Waals surface area contributed by atoms with Gasteiger partial charge in [-0.3, -0.25) is 0 Å². The predicted molar refractivity (Wildman–Crippen MR) is 76.6 cm³/mol. The highest BCUT2D eigenvalue weighted by Gasteiger charge is 2.08. The Kier molecular flexibility index (Phi) is 14.2. The Morgan fingerprint density at radius 2 is 1.25 bits per heavy atom. The average molecular weight is 224 g/mol. The van der Waals surface area contributed by atoms with Crippen molar-refractivity contribution in [3.63, 3.8) is 0 Å². The van der Waals surface area contributed by atoms with Crippen LogP contribution in [0.3, 0.4) is 0 Å². The molecule has 0 aliphatic carbocycles. The van der Waals surface area contributed by atoms with Gasteiger partial charge in [-0.2, -0.15) is 0 Å². The molecule has 0 aromatic heterocycles. The minimum atomic E-state index is 0.545. The Bertz CT molecular complexity index is 154. The van der Waals surface area contributed by atoms with Gasteiger partial charge in [0, 0.05) is 0 Å². The molecule has 0 aromatic carbocycles. The molecule has 0 heteroatoms. The SMILES string of the molecule is C#CC.CCCCCCCCCC(C)(C)C. The molecule has 0 saturated carbocycles. The van der Waals surface area contributed by atoms with Crippen molar-refractivity contribution in [2.24, 2.45) is 5.41 Å². The van der Waals surface area contributed by atoms with Gasteiger partial charge in [-0.05, 0) is 18.8 Å². The van der Waals surface area contributed by atoms with Crippen LogP contribution in [0.4, 0.5) is 0 Å². The van der Waals surface area contributed by atoms with Gasteiger partial charge in [0.15, 0.2) is 0 Å². The van der Waals surface area contributed by atoms with Crippen LogP contribution in [-0.4, -0.2) is 0 Å². The fraction of sp³-hybridized carbons (Fsp3) is 0.875. The van der Waals surface area contributed by atoms with E-state index in [1.54, 1.807) is 6.92 Å². The van der Waals surface area contributed by atoms with Gasteiger partial charge >= 0.3 is 0 Å². The molecule has 16 heavy (non-hydrogen) atoms. The first-order chi connectivity index (χ1) is 7.47. The standard InChI is InChI=1S/C13H28.C3H4/c1-5-6-7-8-9-10-11-12-13(2,3)4;1-3-2/h5-12H2,1-4H3;1H,2H3.